The molecule has 1 aliphatic heterocycles. The molecule has 16 heavy (non-hydrogen) atoms. The van der Waals surface area contributed by atoms with Crippen LogP contribution in [0.2, 0.25) is 0 Å². The topological polar surface area (TPSA) is 107 Å². The molecule has 0 saturated carbocycles. The fourth-order valence-electron chi connectivity index (χ4n) is 1.63. The van der Waals surface area contributed by atoms with E-state index in [2.05, 4.69) is 15.9 Å². The third kappa shape index (κ3) is 2.99. The summed E-state index contributed by atoms with van der Waals surface area (Å²) in [5.41, 5.74) is 0. The molecule has 0 unspecified atom stereocenters. The van der Waals surface area contributed by atoms with Crippen LogP contribution in [0, 0.1) is 0 Å². The number of rotatable bonds is 4. The van der Waals surface area contributed by atoms with Gasteiger partial charge in [-0.05, 0) is 0 Å². The predicted octanol–water partition coefficient (Wildman–Crippen LogP) is -1.82. The number of hydrogen-bond acceptors (Lipinski definition) is 6. The molecule has 1 heterocycles. The van der Waals surface area contributed by atoms with Gasteiger partial charge in [0.05, 0.1) is 18.0 Å². The number of hydrogen-bond donors (Lipinski definition) is 4. The third-order valence-electron chi connectivity index (χ3n) is 2.57. The first-order chi connectivity index (χ1) is 7.51. The van der Waals surface area contributed by atoms with Gasteiger partial charge in [0, 0.05) is 6.42 Å². The molecule has 0 aromatic heterocycles. The molecule has 0 aromatic carbocycles. The van der Waals surface area contributed by atoms with E-state index in [1.807, 2.05) is 0 Å². The summed E-state index contributed by atoms with van der Waals surface area (Å²) in [6.45, 7) is -0.482. The van der Waals surface area contributed by atoms with Crippen molar-refractivity contribution in [2.24, 2.45) is 0 Å². The Morgan fingerprint density at radius 2 is 1.69 bits per heavy atom. The molecule has 7 heteroatoms. The van der Waals surface area contributed by atoms with Crippen LogP contribution < -0.4 is 0 Å². The Morgan fingerprint density at radius 3 is 2.19 bits per heavy atom. The van der Waals surface area contributed by atoms with Crippen LogP contribution in [-0.4, -0.2) is 68.7 Å². The quantitative estimate of drug-likeness (QED) is 0.456. The molecule has 0 bridgehead atoms. The summed E-state index contributed by atoms with van der Waals surface area (Å²) in [6.07, 6.45) is -6.06. The van der Waals surface area contributed by atoms with Gasteiger partial charge in [0.2, 0.25) is 0 Å². The number of carbonyl (C=O) groups is 1. The van der Waals surface area contributed by atoms with E-state index in [1.54, 1.807) is 0 Å². The van der Waals surface area contributed by atoms with Crippen LogP contribution in [0.4, 0.5) is 0 Å². The van der Waals surface area contributed by atoms with E-state index in [-0.39, 0.29) is 17.5 Å². The Balaban J connectivity index is 2.67. The number of aliphatic hydroxyl groups excluding tert-OH is 4. The monoisotopic (exact) mass is 298 g/mol. The number of ether oxygens (including phenoxy) is 1. The second-order valence-electron chi connectivity index (χ2n) is 3.74. The second kappa shape index (κ2) is 6.04. The number of aliphatic hydroxyl groups is 4. The fraction of sp³-hybridized carbons (Fsp3) is 0.889. The molecule has 94 valence electrons. The van der Waals surface area contributed by atoms with Crippen LogP contribution in [0.1, 0.15) is 6.42 Å². The Hall–Kier alpha value is -0.0500. The lowest BCUT2D eigenvalue weighted by Gasteiger charge is -2.39. The Kier molecular flexibility index (Phi) is 5.29. The average Bonchev–Trinajstić information content (AvgIpc) is 2.29. The number of carbonyl (C=O) groups excluding carboxylic acids is 1. The maximum atomic E-state index is 11.2. The van der Waals surface area contributed by atoms with Crippen molar-refractivity contribution in [1.29, 1.82) is 0 Å². The molecule has 0 aliphatic carbocycles. The minimum atomic E-state index is -1.42. The maximum Gasteiger partial charge on any atom is 0.146 e. The number of Topliss-reactive ketones (excluding diaryl/α,β-unsaturated/α-hetero) is 1. The highest BCUT2D eigenvalue weighted by Gasteiger charge is 2.43. The molecule has 6 nitrogen and oxygen atoms in total. The molecule has 0 radical (unpaired) electrons. The zero-order valence-corrected chi connectivity index (χ0v) is 10.1. The lowest BCUT2D eigenvalue weighted by atomic mass is 9.93. The normalized spacial score (nSPS) is 39.7. The minimum Gasteiger partial charge on any atom is -0.394 e. The average molecular weight is 299 g/mol. The molecular weight excluding hydrogens is 284 g/mol. The highest BCUT2D eigenvalue weighted by atomic mass is 79.9. The highest BCUT2D eigenvalue weighted by molar-refractivity contribution is 9.09. The molecule has 4 N–H and O–H groups in total. The van der Waals surface area contributed by atoms with Crippen molar-refractivity contribution in [3.8, 4) is 0 Å². The van der Waals surface area contributed by atoms with E-state index < -0.39 is 37.1 Å². The maximum absolute atomic E-state index is 11.2. The van der Waals surface area contributed by atoms with Crippen molar-refractivity contribution >= 4 is 21.7 Å². The Labute approximate surface area is 101 Å². The van der Waals surface area contributed by atoms with E-state index in [4.69, 9.17) is 9.84 Å². The van der Waals surface area contributed by atoms with Crippen LogP contribution in [0.3, 0.4) is 0 Å². The molecular formula is C9H15BrO6. The van der Waals surface area contributed by atoms with Crippen molar-refractivity contribution in [3.05, 3.63) is 0 Å². The summed E-state index contributed by atoms with van der Waals surface area (Å²) in [6, 6.07) is 0. The standard InChI is InChI=1S/C9H15BrO6/c10-2-4(12)1-5-7(13)9(15)8(14)6(3-11)16-5/h5-9,11,13-15H,1-3H2/t5-,6-,7-,8-,9-/m1/s1. The van der Waals surface area contributed by atoms with E-state index in [0.717, 1.165) is 0 Å². The van der Waals surface area contributed by atoms with Crippen LogP contribution in [0.25, 0.3) is 0 Å². The number of halogens is 1. The smallest absolute Gasteiger partial charge is 0.146 e. The zero-order chi connectivity index (χ0) is 12.3. The van der Waals surface area contributed by atoms with E-state index in [9.17, 15) is 20.1 Å². The SMILES string of the molecule is O=C(CBr)C[C@H]1O[C@H](CO)[C@@H](O)[C@H](O)[C@@H]1O. The lowest BCUT2D eigenvalue weighted by Crippen LogP contribution is -2.58. The van der Waals surface area contributed by atoms with Crippen molar-refractivity contribution in [3.63, 3.8) is 0 Å². The molecule has 1 fully saturated rings. The minimum absolute atomic E-state index is 0.0767. The van der Waals surface area contributed by atoms with Crippen molar-refractivity contribution in [1.82, 2.24) is 0 Å². The summed E-state index contributed by atoms with van der Waals surface area (Å²) >= 11 is 2.97. The van der Waals surface area contributed by atoms with Crippen molar-refractivity contribution in [2.45, 2.75) is 36.9 Å². The largest absolute Gasteiger partial charge is 0.394 e. The Bertz CT molecular complexity index is 246. The van der Waals surface area contributed by atoms with Crippen LogP contribution in [0.5, 0.6) is 0 Å². The van der Waals surface area contributed by atoms with Gasteiger partial charge in [-0.3, -0.25) is 4.79 Å². The molecule has 1 saturated heterocycles. The predicted molar refractivity (Wildman–Crippen MR) is 57.2 cm³/mol. The molecule has 5 atom stereocenters. The molecule has 0 aromatic rings. The molecule has 1 aliphatic rings. The third-order valence-corrected chi connectivity index (χ3v) is 3.19. The summed E-state index contributed by atoms with van der Waals surface area (Å²) in [5, 5.41) is 37.5. The van der Waals surface area contributed by atoms with Gasteiger partial charge in [-0.2, -0.15) is 0 Å². The first kappa shape index (κ1) is 14.0. The number of alkyl halides is 1. The van der Waals surface area contributed by atoms with Gasteiger partial charge in [-0.25, -0.2) is 0 Å². The van der Waals surface area contributed by atoms with Gasteiger partial charge in [-0.1, -0.05) is 15.9 Å². The summed E-state index contributed by atoms with van der Waals surface area (Å²) in [4.78, 5) is 11.2. The van der Waals surface area contributed by atoms with Gasteiger partial charge in [0.25, 0.3) is 0 Å². The summed E-state index contributed by atoms with van der Waals surface area (Å²) in [7, 11) is 0. The highest BCUT2D eigenvalue weighted by Crippen LogP contribution is 2.23. The van der Waals surface area contributed by atoms with Gasteiger partial charge in [-0.15, -0.1) is 0 Å². The van der Waals surface area contributed by atoms with E-state index in [0.29, 0.717) is 0 Å². The fourth-order valence-corrected chi connectivity index (χ4v) is 1.86. The zero-order valence-electron chi connectivity index (χ0n) is 8.49. The Morgan fingerprint density at radius 1 is 1.12 bits per heavy atom. The molecule has 0 amide bonds. The van der Waals surface area contributed by atoms with Crippen LogP contribution in [0.15, 0.2) is 0 Å². The van der Waals surface area contributed by atoms with Gasteiger partial charge in [0.1, 0.15) is 30.2 Å². The van der Waals surface area contributed by atoms with Crippen LogP contribution >= 0.6 is 15.9 Å². The first-order valence-corrected chi connectivity index (χ1v) is 6.01. The molecule has 1 rings (SSSR count). The van der Waals surface area contributed by atoms with E-state index >= 15 is 0 Å². The van der Waals surface area contributed by atoms with E-state index in [1.165, 1.54) is 0 Å². The second-order valence-corrected chi connectivity index (χ2v) is 4.30. The van der Waals surface area contributed by atoms with Crippen LogP contribution in [-0.2, 0) is 9.53 Å². The van der Waals surface area contributed by atoms with Gasteiger partial charge < -0.3 is 25.2 Å². The number of ketones is 1. The van der Waals surface area contributed by atoms with Gasteiger partial charge >= 0.3 is 0 Å². The summed E-state index contributed by atoms with van der Waals surface area (Å²) < 4.78 is 5.15. The molecule has 0 spiro atoms. The lowest BCUT2D eigenvalue weighted by molar-refractivity contribution is -0.229. The van der Waals surface area contributed by atoms with Crippen molar-refractivity contribution < 1.29 is 30.0 Å². The van der Waals surface area contributed by atoms with Crippen molar-refractivity contribution in [2.75, 3.05) is 11.9 Å². The first-order valence-electron chi connectivity index (χ1n) is 4.89. The summed E-state index contributed by atoms with van der Waals surface area (Å²) in [5.74, 6) is -0.190. The van der Waals surface area contributed by atoms with Gasteiger partial charge in [0.15, 0.2) is 0 Å².